The molecule has 1 amide bonds. The molecule has 0 unspecified atom stereocenters. The van der Waals surface area contributed by atoms with Gasteiger partial charge in [0, 0.05) is 11.6 Å². The van der Waals surface area contributed by atoms with Crippen molar-refractivity contribution in [2.75, 3.05) is 6.61 Å². The maximum absolute atomic E-state index is 12.5. The molecule has 1 atom stereocenters. The average molecular weight is 348 g/mol. The lowest BCUT2D eigenvalue weighted by molar-refractivity contribution is -0.124. The first-order valence-electron chi connectivity index (χ1n) is 8.65. The Bertz CT molecular complexity index is 866. The summed E-state index contributed by atoms with van der Waals surface area (Å²) in [5.74, 6) is -0.340. The predicted molar refractivity (Wildman–Crippen MR) is 97.2 cm³/mol. The minimum absolute atomic E-state index is 0.107. The fraction of sp³-hybridized carbons (Fsp3) is 0.286. The maximum atomic E-state index is 12.5. The first-order valence-corrected chi connectivity index (χ1v) is 8.65. The van der Waals surface area contributed by atoms with Gasteiger partial charge < -0.3 is 10.1 Å². The summed E-state index contributed by atoms with van der Waals surface area (Å²) in [5, 5.41) is 12.2. The molecular formula is C21H20N2O3. The first kappa shape index (κ1) is 17.7. The molecule has 2 aromatic carbocycles. The Morgan fingerprint density at radius 2 is 1.81 bits per heavy atom. The third-order valence-electron chi connectivity index (χ3n) is 4.54. The smallest absolute Gasteiger partial charge is 0.339 e. The van der Waals surface area contributed by atoms with Crippen LogP contribution in [0.4, 0.5) is 0 Å². The highest BCUT2D eigenvalue weighted by molar-refractivity contribution is 5.98. The summed E-state index contributed by atoms with van der Waals surface area (Å²) in [6.45, 7) is 1.65. The lowest BCUT2D eigenvalue weighted by Crippen LogP contribution is -2.37. The van der Waals surface area contributed by atoms with Gasteiger partial charge in [0.25, 0.3) is 5.91 Å². The molecule has 5 nitrogen and oxygen atoms in total. The molecule has 0 saturated heterocycles. The van der Waals surface area contributed by atoms with Gasteiger partial charge in [0.05, 0.1) is 17.2 Å². The monoisotopic (exact) mass is 348 g/mol. The summed E-state index contributed by atoms with van der Waals surface area (Å²) in [6.07, 6.45) is 2.26. The van der Waals surface area contributed by atoms with Crippen LogP contribution in [0.15, 0.2) is 48.5 Å². The standard InChI is InChI=1S/C21H20N2O3/c1-14(15-10-11-15)23-20(24)13-26-21(25)19-9-5-4-8-18(19)17-7-3-2-6-16(17)12-22/h2-9,14-15H,10-11,13H2,1H3,(H,23,24)/t14-/m0/s1. The van der Waals surface area contributed by atoms with E-state index < -0.39 is 5.97 Å². The van der Waals surface area contributed by atoms with E-state index in [2.05, 4.69) is 11.4 Å². The van der Waals surface area contributed by atoms with Crippen LogP contribution in [0.25, 0.3) is 11.1 Å². The maximum Gasteiger partial charge on any atom is 0.339 e. The van der Waals surface area contributed by atoms with Gasteiger partial charge in [-0.2, -0.15) is 5.26 Å². The number of carbonyl (C=O) groups is 2. The van der Waals surface area contributed by atoms with Crippen LogP contribution < -0.4 is 5.32 Å². The number of nitriles is 1. The number of carbonyl (C=O) groups excluding carboxylic acids is 2. The summed E-state index contributed by atoms with van der Waals surface area (Å²) in [5.41, 5.74) is 2.08. The van der Waals surface area contributed by atoms with E-state index in [9.17, 15) is 14.9 Å². The topological polar surface area (TPSA) is 79.2 Å². The molecule has 26 heavy (non-hydrogen) atoms. The number of rotatable bonds is 6. The molecule has 2 aromatic rings. The quantitative estimate of drug-likeness (QED) is 0.813. The Morgan fingerprint density at radius 1 is 1.15 bits per heavy atom. The molecule has 0 radical (unpaired) electrons. The Balaban J connectivity index is 1.72. The van der Waals surface area contributed by atoms with E-state index in [0.29, 0.717) is 28.2 Å². The van der Waals surface area contributed by atoms with Crippen molar-refractivity contribution in [2.24, 2.45) is 5.92 Å². The van der Waals surface area contributed by atoms with E-state index in [0.717, 1.165) is 12.8 Å². The van der Waals surface area contributed by atoms with Crippen molar-refractivity contribution in [1.29, 1.82) is 5.26 Å². The van der Waals surface area contributed by atoms with Crippen molar-refractivity contribution in [2.45, 2.75) is 25.8 Å². The van der Waals surface area contributed by atoms with Gasteiger partial charge in [0.2, 0.25) is 0 Å². The second-order valence-corrected chi connectivity index (χ2v) is 6.47. The third-order valence-corrected chi connectivity index (χ3v) is 4.54. The van der Waals surface area contributed by atoms with Crippen molar-refractivity contribution in [1.82, 2.24) is 5.32 Å². The fourth-order valence-electron chi connectivity index (χ4n) is 2.93. The predicted octanol–water partition coefficient (Wildman–Crippen LogP) is 3.30. The molecule has 3 rings (SSSR count). The number of ether oxygens (including phenoxy) is 1. The zero-order valence-electron chi connectivity index (χ0n) is 14.6. The molecule has 0 spiro atoms. The largest absolute Gasteiger partial charge is 0.452 e. The normalized spacial score (nSPS) is 14.2. The lowest BCUT2D eigenvalue weighted by Gasteiger charge is -2.14. The van der Waals surface area contributed by atoms with E-state index in [1.807, 2.05) is 13.0 Å². The van der Waals surface area contributed by atoms with Crippen molar-refractivity contribution in [3.05, 3.63) is 59.7 Å². The van der Waals surface area contributed by atoms with Crippen LogP contribution in [-0.2, 0) is 9.53 Å². The molecule has 0 heterocycles. The molecule has 1 saturated carbocycles. The van der Waals surface area contributed by atoms with Crippen molar-refractivity contribution < 1.29 is 14.3 Å². The average Bonchev–Trinajstić information content (AvgIpc) is 3.51. The Labute approximate surface area is 152 Å². The lowest BCUT2D eigenvalue weighted by atomic mass is 9.96. The van der Waals surface area contributed by atoms with Crippen molar-refractivity contribution >= 4 is 11.9 Å². The highest BCUT2D eigenvalue weighted by Gasteiger charge is 2.29. The highest BCUT2D eigenvalue weighted by Crippen LogP contribution is 2.32. The van der Waals surface area contributed by atoms with Crippen molar-refractivity contribution in [3.8, 4) is 17.2 Å². The number of esters is 1. The van der Waals surface area contributed by atoms with Crippen LogP contribution >= 0.6 is 0 Å². The second kappa shape index (κ2) is 7.83. The van der Waals surface area contributed by atoms with Gasteiger partial charge in [0.15, 0.2) is 6.61 Å². The van der Waals surface area contributed by atoms with Gasteiger partial charge >= 0.3 is 5.97 Å². The SMILES string of the molecule is C[C@H](NC(=O)COC(=O)c1ccccc1-c1ccccc1C#N)C1CC1. The summed E-state index contributed by atoms with van der Waals surface area (Å²) in [7, 11) is 0. The number of nitrogens with one attached hydrogen (secondary N) is 1. The van der Waals surface area contributed by atoms with Crippen molar-refractivity contribution in [3.63, 3.8) is 0 Å². The molecule has 1 aliphatic carbocycles. The van der Waals surface area contributed by atoms with Gasteiger partial charge in [-0.15, -0.1) is 0 Å². The van der Waals surface area contributed by atoms with E-state index in [-0.39, 0.29) is 18.6 Å². The molecule has 5 heteroatoms. The van der Waals surface area contributed by atoms with Crippen LogP contribution in [0.3, 0.4) is 0 Å². The van der Waals surface area contributed by atoms with Gasteiger partial charge in [-0.3, -0.25) is 4.79 Å². The number of nitrogens with zero attached hydrogens (tertiary/aromatic N) is 1. The summed E-state index contributed by atoms with van der Waals surface area (Å²) >= 11 is 0. The number of amides is 1. The fourth-order valence-corrected chi connectivity index (χ4v) is 2.93. The van der Waals surface area contributed by atoms with Gasteiger partial charge in [-0.05, 0) is 43.4 Å². The van der Waals surface area contributed by atoms with E-state index in [4.69, 9.17) is 4.74 Å². The minimum atomic E-state index is -0.581. The Morgan fingerprint density at radius 3 is 2.50 bits per heavy atom. The number of hydrogen-bond acceptors (Lipinski definition) is 4. The van der Waals surface area contributed by atoms with Gasteiger partial charge in [-0.1, -0.05) is 36.4 Å². The molecule has 0 aliphatic heterocycles. The highest BCUT2D eigenvalue weighted by atomic mass is 16.5. The molecule has 1 N–H and O–H groups in total. The molecule has 0 aromatic heterocycles. The summed E-state index contributed by atoms with van der Waals surface area (Å²) in [6, 6.07) is 16.2. The van der Waals surface area contributed by atoms with Crippen LogP contribution in [0.1, 0.15) is 35.7 Å². The van der Waals surface area contributed by atoms with E-state index >= 15 is 0 Å². The van der Waals surface area contributed by atoms with Gasteiger partial charge in [0.1, 0.15) is 0 Å². The van der Waals surface area contributed by atoms with E-state index in [1.165, 1.54) is 0 Å². The van der Waals surface area contributed by atoms with Crippen LogP contribution in [-0.4, -0.2) is 24.5 Å². The van der Waals surface area contributed by atoms with E-state index in [1.54, 1.807) is 42.5 Å². The zero-order chi connectivity index (χ0) is 18.5. The summed E-state index contributed by atoms with van der Waals surface area (Å²) < 4.78 is 5.19. The molecule has 1 fully saturated rings. The van der Waals surface area contributed by atoms with Crippen LogP contribution in [0, 0.1) is 17.2 Å². The third kappa shape index (κ3) is 4.09. The van der Waals surface area contributed by atoms with Gasteiger partial charge in [-0.25, -0.2) is 4.79 Å². The molecular weight excluding hydrogens is 328 g/mol. The second-order valence-electron chi connectivity index (χ2n) is 6.47. The first-order chi connectivity index (χ1) is 12.6. The summed E-state index contributed by atoms with van der Waals surface area (Å²) in [4.78, 5) is 24.4. The zero-order valence-corrected chi connectivity index (χ0v) is 14.6. The van der Waals surface area contributed by atoms with Crippen LogP contribution in [0.2, 0.25) is 0 Å². The molecule has 0 bridgehead atoms. The molecule has 132 valence electrons. The van der Waals surface area contributed by atoms with Crippen LogP contribution in [0.5, 0.6) is 0 Å². The molecule has 1 aliphatic rings. The minimum Gasteiger partial charge on any atom is -0.452 e. The Kier molecular flexibility index (Phi) is 5.33. The number of benzene rings is 2. The number of hydrogen-bond donors (Lipinski definition) is 1. The Hall–Kier alpha value is -3.13.